The first-order valence-electron chi connectivity index (χ1n) is 7.75. The SMILES string of the molecule is CCCCc1nnc(NC(=O)NCc2cccc(OC)c2OC)s1. The number of methoxy groups -OCH3 is 2. The molecule has 0 aliphatic carbocycles. The van der Waals surface area contributed by atoms with Crippen molar-refractivity contribution in [2.75, 3.05) is 19.5 Å². The highest BCUT2D eigenvalue weighted by molar-refractivity contribution is 7.15. The fourth-order valence-corrected chi connectivity index (χ4v) is 2.92. The largest absolute Gasteiger partial charge is 0.493 e. The van der Waals surface area contributed by atoms with E-state index in [1.807, 2.05) is 18.2 Å². The number of rotatable bonds is 8. The van der Waals surface area contributed by atoms with E-state index in [-0.39, 0.29) is 6.03 Å². The number of hydrogen-bond donors (Lipinski definition) is 2. The minimum atomic E-state index is -0.335. The molecule has 2 amide bonds. The lowest BCUT2D eigenvalue weighted by molar-refractivity contribution is 0.251. The lowest BCUT2D eigenvalue weighted by atomic mass is 10.2. The van der Waals surface area contributed by atoms with Crippen molar-refractivity contribution in [3.05, 3.63) is 28.8 Å². The zero-order valence-corrected chi connectivity index (χ0v) is 14.9. The standard InChI is InChI=1S/C16H22N4O3S/c1-4-5-9-13-19-20-16(24-13)18-15(21)17-10-11-7-6-8-12(22-2)14(11)23-3/h6-8H,4-5,9-10H2,1-3H3,(H2,17,18,20,21). The van der Waals surface area contributed by atoms with Crippen LogP contribution in [0.15, 0.2) is 18.2 Å². The number of amides is 2. The summed E-state index contributed by atoms with van der Waals surface area (Å²) < 4.78 is 10.6. The van der Waals surface area contributed by atoms with Crippen LogP contribution in [-0.4, -0.2) is 30.4 Å². The van der Waals surface area contributed by atoms with E-state index in [1.54, 1.807) is 14.2 Å². The molecule has 2 aromatic rings. The molecule has 2 N–H and O–H groups in total. The molecule has 1 heterocycles. The molecule has 0 radical (unpaired) electrons. The average molecular weight is 350 g/mol. The predicted octanol–water partition coefficient (Wildman–Crippen LogP) is 3.22. The lowest BCUT2D eigenvalue weighted by Crippen LogP contribution is -2.28. The molecule has 8 heteroatoms. The van der Waals surface area contributed by atoms with Crippen molar-refractivity contribution in [3.8, 4) is 11.5 Å². The van der Waals surface area contributed by atoms with Gasteiger partial charge < -0.3 is 14.8 Å². The maximum Gasteiger partial charge on any atom is 0.321 e. The van der Waals surface area contributed by atoms with Crippen molar-refractivity contribution in [3.63, 3.8) is 0 Å². The summed E-state index contributed by atoms with van der Waals surface area (Å²) in [5.41, 5.74) is 0.827. The van der Waals surface area contributed by atoms with E-state index in [2.05, 4.69) is 27.8 Å². The lowest BCUT2D eigenvalue weighted by Gasteiger charge is -2.13. The summed E-state index contributed by atoms with van der Waals surface area (Å²) in [6, 6.07) is 5.19. The van der Waals surface area contributed by atoms with E-state index in [0.29, 0.717) is 23.2 Å². The molecule has 24 heavy (non-hydrogen) atoms. The minimum absolute atomic E-state index is 0.313. The Bertz CT molecular complexity index is 675. The summed E-state index contributed by atoms with van der Waals surface area (Å²) in [5.74, 6) is 1.24. The van der Waals surface area contributed by atoms with Gasteiger partial charge in [-0.25, -0.2) is 4.79 Å². The van der Waals surface area contributed by atoms with Crippen molar-refractivity contribution < 1.29 is 14.3 Å². The fourth-order valence-electron chi connectivity index (χ4n) is 2.14. The number of hydrogen-bond acceptors (Lipinski definition) is 6. The van der Waals surface area contributed by atoms with Gasteiger partial charge in [0.15, 0.2) is 11.5 Å². The smallest absolute Gasteiger partial charge is 0.321 e. The summed E-state index contributed by atoms with van der Waals surface area (Å²) >= 11 is 1.40. The molecule has 7 nitrogen and oxygen atoms in total. The molecule has 2 rings (SSSR count). The van der Waals surface area contributed by atoms with Crippen molar-refractivity contribution in [1.29, 1.82) is 0 Å². The Hall–Kier alpha value is -2.35. The molecule has 0 saturated carbocycles. The Balaban J connectivity index is 1.90. The number of nitrogens with one attached hydrogen (secondary N) is 2. The minimum Gasteiger partial charge on any atom is -0.493 e. The number of nitrogens with zero attached hydrogens (tertiary/aromatic N) is 2. The summed E-state index contributed by atoms with van der Waals surface area (Å²) in [6.07, 6.45) is 3.06. The van der Waals surface area contributed by atoms with Gasteiger partial charge in [-0.3, -0.25) is 5.32 Å². The first-order chi connectivity index (χ1) is 11.7. The average Bonchev–Trinajstić information content (AvgIpc) is 3.04. The monoisotopic (exact) mass is 350 g/mol. The molecule has 0 saturated heterocycles. The molecule has 130 valence electrons. The van der Waals surface area contributed by atoms with Crippen molar-refractivity contribution >= 4 is 22.5 Å². The normalized spacial score (nSPS) is 10.3. The maximum absolute atomic E-state index is 12.0. The molecule has 0 aliphatic rings. The molecule has 0 aliphatic heterocycles. The highest BCUT2D eigenvalue weighted by Gasteiger charge is 2.12. The van der Waals surface area contributed by atoms with Gasteiger partial charge in [-0.1, -0.05) is 36.8 Å². The van der Waals surface area contributed by atoms with E-state index in [4.69, 9.17) is 9.47 Å². The third kappa shape index (κ3) is 4.82. The number of aryl methyl sites for hydroxylation is 1. The first-order valence-corrected chi connectivity index (χ1v) is 8.56. The molecular formula is C16H22N4O3S. The topological polar surface area (TPSA) is 85.4 Å². The Morgan fingerprint density at radius 2 is 2.08 bits per heavy atom. The number of aromatic nitrogens is 2. The molecular weight excluding hydrogens is 328 g/mol. The van der Waals surface area contributed by atoms with Crippen LogP contribution in [0, 0.1) is 0 Å². The van der Waals surface area contributed by atoms with Crippen LogP contribution in [0.3, 0.4) is 0 Å². The van der Waals surface area contributed by atoms with Gasteiger partial charge in [0.25, 0.3) is 0 Å². The number of anilines is 1. The molecule has 1 aromatic carbocycles. The van der Waals surface area contributed by atoms with E-state index in [1.165, 1.54) is 11.3 Å². The first kappa shape index (κ1) is 18.0. The Kier molecular flexibility index (Phi) is 6.80. The van der Waals surface area contributed by atoms with Gasteiger partial charge >= 0.3 is 6.03 Å². The van der Waals surface area contributed by atoms with Crippen LogP contribution < -0.4 is 20.1 Å². The third-order valence-corrected chi connectivity index (χ3v) is 4.25. The molecule has 0 unspecified atom stereocenters. The van der Waals surface area contributed by atoms with E-state index < -0.39 is 0 Å². The van der Waals surface area contributed by atoms with Crippen molar-refractivity contribution in [1.82, 2.24) is 15.5 Å². The highest BCUT2D eigenvalue weighted by Crippen LogP contribution is 2.30. The Labute approximate surface area is 145 Å². The number of carbonyl (C=O) groups excluding carboxylic acids is 1. The van der Waals surface area contributed by atoms with Gasteiger partial charge in [0.2, 0.25) is 5.13 Å². The molecule has 0 bridgehead atoms. The van der Waals surface area contributed by atoms with Gasteiger partial charge in [-0.05, 0) is 12.5 Å². The summed E-state index contributed by atoms with van der Waals surface area (Å²) in [5, 5.41) is 14.9. The van der Waals surface area contributed by atoms with Crippen LogP contribution >= 0.6 is 11.3 Å². The zero-order chi connectivity index (χ0) is 17.4. The molecule has 1 aromatic heterocycles. The van der Waals surface area contributed by atoms with E-state index in [9.17, 15) is 4.79 Å². The second kappa shape index (κ2) is 9.07. The summed E-state index contributed by atoms with van der Waals surface area (Å²) in [4.78, 5) is 12.0. The number of ether oxygens (including phenoxy) is 2. The van der Waals surface area contributed by atoms with Gasteiger partial charge in [-0.2, -0.15) is 0 Å². The quantitative estimate of drug-likeness (QED) is 0.763. The van der Waals surface area contributed by atoms with Crippen LogP contribution in [0.4, 0.5) is 9.93 Å². The Morgan fingerprint density at radius 1 is 1.25 bits per heavy atom. The van der Waals surface area contributed by atoms with Crippen LogP contribution in [-0.2, 0) is 13.0 Å². The van der Waals surface area contributed by atoms with Gasteiger partial charge in [0.1, 0.15) is 5.01 Å². The van der Waals surface area contributed by atoms with Crippen LogP contribution in [0.1, 0.15) is 30.3 Å². The predicted molar refractivity (Wildman–Crippen MR) is 93.9 cm³/mol. The second-order valence-electron chi connectivity index (χ2n) is 5.06. The number of urea groups is 1. The maximum atomic E-state index is 12.0. The highest BCUT2D eigenvalue weighted by atomic mass is 32.1. The van der Waals surface area contributed by atoms with Gasteiger partial charge in [-0.15, -0.1) is 10.2 Å². The zero-order valence-electron chi connectivity index (χ0n) is 14.1. The summed E-state index contributed by atoms with van der Waals surface area (Å²) in [6.45, 7) is 2.44. The summed E-state index contributed by atoms with van der Waals surface area (Å²) in [7, 11) is 3.15. The third-order valence-electron chi connectivity index (χ3n) is 3.36. The number of para-hydroxylation sites is 1. The molecule has 0 atom stereocenters. The second-order valence-corrected chi connectivity index (χ2v) is 6.13. The fraction of sp³-hybridized carbons (Fsp3) is 0.438. The van der Waals surface area contributed by atoms with Crippen molar-refractivity contribution in [2.45, 2.75) is 32.7 Å². The van der Waals surface area contributed by atoms with E-state index in [0.717, 1.165) is 29.8 Å². The van der Waals surface area contributed by atoms with Crippen LogP contribution in [0.2, 0.25) is 0 Å². The van der Waals surface area contributed by atoms with E-state index >= 15 is 0 Å². The number of benzene rings is 1. The van der Waals surface area contributed by atoms with Crippen LogP contribution in [0.25, 0.3) is 0 Å². The molecule has 0 fully saturated rings. The molecule has 0 spiro atoms. The number of carbonyl (C=O) groups is 1. The van der Waals surface area contributed by atoms with Gasteiger partial charge in [0.05, 0.1) is 14.2 Å². The number of unbranched alkanes of at least 4 members (excludes halogenated alkanes) is 1. The van der Waals surface area contributed by atoms with Crippen LogP contribution in [0.5, 0.6) is 11.5 Å². The Morgan fingerprint density at radius 3 is 2.79 bits per heavy atom. The van der Waals surface area contributed by atoms with Crippen molar-refractivity contribution in [2.24, 2.45) is 0 Å². The van der Waals surface area contributed by atoms with Gasteiger partial charge in [0, 0.05) is 18.5 Å².